The number of amides is 2. The Bertz CT molecular complexity index is 966. The number of carbonyl (C=O) groups excluding carboxylic acids is 2. The molecule has 0 radical (unpaired) electrons. The van der Waals surface area contributed by atoms with E-state index in [0.717, 1.165) is 18.4 Å². The van der Waals surface area contributed by atoms with Crippen LogP contribution >= 0.6 is 0 Å². The first-order valence-electron chi connectivity index (χ1n) is 11.5. The van der Waals surface area contributed by atoms with Crippen molar-refractivity contribution in [3.8, 4) is 23.0 Å². The fourth-order valence-electron chi connectivity index (χ4n) is 4.38. The van der Waals surface area contributed by atoms with E-state index in [1.165, 1.54) is 21.3 Å². The molecule has 1 saturated heterocycles. The van der Waals surface area contributed by atoms with Crippen LogP contribution in [0.2, 0.25) is 0 Å². The highest BCUT2D eigenvalue weighted by molar-refractivity contribution is 5.98. The van der Waals surface area contributed by atoms with Gasteiger partial charge in [-0.2, -0.15) is 0 Å². The lowest BCUT2D eigenvalue weighted by Crippen LogP contribution is -2.48. The normalized spacial score (nSPS) is 17.8. The van der Waals surface area contributed by atoms with E-state index >= 15 is 0 Å². The predicted octanol–water partition coefficient (Wildman–Crippen LogP) is 4.12. The molecule has 1 fully saturated rings. The molecule has 2 atom stereocenters. The number of anilines is 1. The number of hydrogen-bond donors (Lipinski definition) is 1. The molecule has 0 aliphatic carbocycles. The fraction of sp³-hybridized carbons (Fsp3) is 0.462. The van der Waals surface area contributed by atoms with Gasteiger partial charge in [-0.25, -0.2) is 0 Å². The van der Waals surface area contributed by atoms with Crippen LogP contribution in [0.4, 0.5) is 5.69 Å². The van der Waals surface area contributed by atoms with Gasteiger partial charge in [0, 0.05) is 25.1 Å². The van der Waals surface area contributed by atoms with Gasteiger partial charge in [-0.1, -0.05) is 25.5 Å². The van der Waals surface area contributed by atoms with Crippen LogP contribution in [0.5, 0.6) is 23.0 Å². The van der Waals surface area contributed by atoms with Gasteiger partial charge in [-0.3, -0.25) is 9.59 Å². The van der Waals surface area contributed by atoms with Crippen LogP contribution in [-0.4, -0.2) is 46.8 Å². The lowest BCUT2D eigenvalue weighted by molar-refractivity contribution is -0.129. The minimum atomic E-state index is -0.503. The number of nitrogens with one attached hydrogen (secondary N) is 1. The summed E-state index contributed by atoms with van der Waals surface area (Å²) in [6.45, 7) is 2.69. The van der Waals surface area contributed by atoms with Crippen molar-refractivity contribution < 1.29 is 28.5 Å². The Hall–Kier alpha value is -3.42. The Kier molecular flexibility index (Phi) is 8.62. The number of methoxy groups -OCH3 is 4. The summed E-state index contributed by atoms with van der Waals surface area (Å²) in [6, 6.07) is 10.5. The van der Waals surface area contributed by atoms with Gasteiger partial charge in [-0.05, 0) is 30.5 Å². The maximum atomic E-state index is 13.3. The Balaban J connectivity index is 2.11. The smallest absolute Gasteiger partial charge is 0.227 e. The van der Waals surface area contributed by atoms with Gasteiger partial charge in [0.2, 0.25) is 17.6 Å². The van der Waals surface area contributed by atoms with Crippen molar-refractivity contribution in [1.82, 2.24) is 5.32 Å². The van der Waals surface area contributed by atoms with E-state index in [1.807, 2.05) is 24.3 Å². The van der Waals surface area contributed by atoms with Crippen molar-refractivity contribution >= 4 is 17.5 Å². The summed E-state index contributed by atoms with van der Waals surface area (Å²) in [5.41, 5.74) is 1.42. The molecule has 0 bridgehead atoms. The largest absolute Gasteiger partial charge is 0.497 e. The summed E-state index contributed by atoms with van der Waals surface area (Å²) >= 11 is 0. The van der Waals surface area contributed by atoms with Crippen LogP contribution < -0.4 is 29.2 Å². The number of piperidine rings is 1. The van der Waals surface area contributed by atoms with Gasteiger partial charge in [0.25, 0.3) is 0 Å². The second-order valence-electron chi connectivity index (χ2n) is 8.16. The van der Waals surface area contributed by atoms with E-state index in [1.54, 1.807) is 24.1 Å². The monoisotopic (exact) mass is 470 g/mol. The van der Waals surface area contributed by atoms with E-state index < -0.39 is 12.0 Å². The van der Waals surface area contributed by atoms with Gasteiger partial charge < -0.3 is 29.2 Å². The molecule has 0 unspecified atom stereocenters. The van der Waals surface area contributed by atoms with Gasteiger partial charge in [-0.15, -0.1) is 0 Å². The number of rotatable bonds is 10. The topological polar surface area (TPSA) is 86.3 Å². The third kappa shape index (κ3) is 5.21. The summed E-state index contributed by atoms with van der Waals surface area (Å²) in [4.78, 5) is 28.3. The highest BCUT2D eigenvalue weighted by Crippen LogP contribution is 2.46. The summed E-state index contributed by atoms with van der Waals surface area (Å²) in [5, 5.41) is 3.05. The molecular weight excluding hydrogens is 436 g/mol. The third-order valence-electron chi connectivity index (χ3n) is 6.15. The first-order chi connectivity index (χ1) is 16.5. The first kappa shape index (κ1) is 25.2. The van der Waals surface area contributed by atoms with Crippen LogP contribution in [0.15, 0.2) is 36.4 Å². The molecule has 8 nitrogen and oxygen atoms in total. The van der Waals surface area contributed by atoms with Crippen molar-refractivity contribution in [1.29, 1.82) is 0 Å². The van der Waals surface area contributed by atoms with E-state index in [4.69, 9.17) is 18.9 Å². The van der Waals surface area contributed by atoms with Crippen molar-refractivity contribution in [3.05, 3.63) is 42.0 Å². The van der Waals surface area contributed by atoms with Crippen molar-refractivity contribution in [2.24, 2.45) is 5.92 Å². The van der Waals surface area contributed by atoms with Crippen LogP contribution in [0, 0.1) is 5.92 Å². The number of nitrogens with zero attached hydrogens (tertiary/aromatic N) is 1. The number of carbonyl (C=O) groups is 2. The van der Waals surface area contributed by atoms with Gasteiger partial charge in [0.1, 0.15) is 5.75 Å². The average molecular weight is 471 g/mol. The Labute approximate surface area is 201 Å². The second-order valence-corrected chi connectivity index (χ2v) is 8.16. The summed E-state index contributed by atoms with van der Waals surface area (Å²) < 4.78 is 21.8. The zero-order valence-electron chi connectivity index (χ0n) is 20.6. The van der Waals surface area contributed by atoms with Gasteiger partial charge in [0.15, 0.2) is 11.5 Å². The van der Waals surface area contributed by atoms with Crippen molar-refractivity contribution in [2.75, 3.05) is 39.9 Å². The standard InChI is InChI=1S/C26H34N2O6/c1-6-7-14-27-26(30)20-12-13-23(29)28(24(20)17-8-10-19(31-2)11-9-17)18-15-21(32-3)25(34-5)22(16-18)33-4/h8-11,15-16,20,24H,6-7,12-14H2,1-5H3,(H,27,30)/t20-,24+/m1/s1. The molecule has 184 valence electrons. The molecular formula is C26H34N2O6. The molecule has 1 aliphatic heterocycles. The quantitative estimate of drug-likeness (QED) is 0.526. The molecule has 8 heteroatoms. The highest BCUT2D eigenvalue weighted by Gasteiger charge is 2.42. The summed E-state index contributed by atoms with van der Waals surface area (Å²) in [7, 11) is 6.20. The summed E-state index contributed by atoms with van der Waals surface area (Å²) in [5.74, 6) is 1.47. The maximum Gasteiger partial charge on any atom is 0.227 e. The zero-order valence-corrected chi connectivity index (χ0v) is 20.6. The zero-order chi connectivity index (χ0) is 24.7. The van der Waals surface area contributed by atoms with Crippen LogP contribution in [0.1, 0.15) is 44.2 Å². The lowest BCUT2D eigenvalue weighted by atomic mass is 9.83. The van der Waals surface area contributed by atoms with Crippen molar-refractivity contribution in [2.45, 2.75) is 38.6 Å². The van der Waals surface area contributed by atoms with E-state index in [2.05, 4.69) is 12.2 Å². The highest BCUT2D eigenvalue weighted by atomic mass is 16.5. The van der Waals surface area contributed by atoms with E-state index in [-0.39, 0.29) is 18.2 Å². The van der Waals surface area contributed by atoms with E-state index in [0.29, 0.717) is 41.7 Å². The minimum absolute atomic E-state index is 0.0563. The molecule has 1 heterocycles. The Morgan fingerprint density at radius 2 is 1.65 bits per heavy atom. The van der Waals surface area contributed by atoms with Crippen LogP contribution in [0.3, 0.4) is 0 Å². The first-order valence-corrected chi connectivity index (χ1v) is 11.5. The molecule has 1 N–H and O–H groups in total. The molecule has 0 spiro atoms. The molecule has 34 heavy (non-hydrogen) atoms. The van der Waals surface area contributed by atoms with Gasteiger partial charge >= 0.3 is 0 Å². The molecule has 3 rings (SSSR count). The predicted molar refractivity (Wildman–Crippen MR) is 130 cm³/mol. The second kappa shape index (κ2) is 11.6. The number of unbranched alkanes of at least 4 members (excludes halogenated alkanes) is 1. The average Bonchev–Trinajstić information content (AvgIpc) is 2.87. The Morgan fingerprint density at radius 1 is 1.00 bits per heavy atom. The number of benzene rings is 2. The van der Waals surface area contributed by atoms with Crippen LogP contribution in [0.25, 0.3) is 0 Å². The maximum absolute atomic E-state index is 13.3. The fourth-order valence-corrected chi connectivity index (χ4v) is 4.38. The molecule has 0 saturated carbocycles. The molecule has 2 aromatic carbocycles. The summed E-state index contributed by atoms with van der Waals surface area (Å²) in [6.07, 6.45) is 2.62. The molecule has 0 aromatic heterocycles. The lowest BCUT2D eigenvalue weighted by Gasteiger charge is -2.41. The number of hydrogen-bond acceptors (Lipinski definition) is 6. The van der Waals surface area contributed by atoms with Crippen molar-refractivity contribution in [3.63, 3.8) is 0 Å². The molecule has 1 aliphatic rings. The SMILES string of the molecule is CCCCNC(=O)[C@@H]1CCC(=O)N(c2cc(OC)c(OC)c(OC)c2)[C@H]1c1ccc(OC)cc1. The minimum Gasteiger partial charge on any atom is -0.497 e. The molecule has 2 aromatic rings. The van der Waals surface area contributed by atoms with E-state index in [9.17, 15) is 9.59 Å². The van der Waals surface area contributed by atoms with Gasteiger partial charge in [0.05, 0.1) is 46.1 Å². The third-order valence-corrected chi connectivity index (χ3v) is 6.15. The Morgan fingerprint density at radius 3 is 2.18 bits per heavy atom. The van der Waals surface area contributed by atoms with Crippen LogP contribution in [-0.2, 0) is 9.59 Å². The number of ether oxygens (including phenoxy) is 4. The molecule has 2 amide bonds.